The van der Waals surface area contributed by atoms with Crippen LogP contribution in [0.5, 0.6) is 0 Å². The van der Waals surface area contributed by atoms with E-state index in [1.54, 1.807) is 12.1 Å². The van der Waals surface area contributed by atoms with Crippen LogP contribution in [0.15, 0.2) is 52.7 Å². The average Bonchev–Trinajstić information content (AvgIpc) is 2.89. The van der Waals surface area contributed by atoms with Crippen molar-refractivity contribution < 1.29 is 21.8 Å². The summed E-state index contributed by atoms with van der Waals surface area (Å²) in [6, 6.07) is 6.38. The molecule has 0 aliphatic heterocycles. The van der Waals surface area contributed by atoms with Crippen molar-refractivity contribution in [3.8, 4) is 0 Å². The van der Waals surface area contributed by atoms with Crippen LogP contribution in [0.2, 0.25) is 0 Å². The molecule has 2 aromatic rings. The molecule has 0 N–H and O–H groups in total. The molecule has 1 aromatic carbocycles. The second-order valence-corrected chi connectivity index (χ2v) is 5.40. The van der Waals surface area contributed by atoms with Crippen LogP contribution in [0.4, 0.5) is 13.2 Å². The zero-order valence-corrected chi connectivity index (χ0v) is 11.1. The van der Waals surface area contributed by atoms with E-state index in [-0.39, 0.29) is 5.75 Å². The highest BCUT2D eigenvalue weighted by atomic mass is 32.2. The fourth-order valence-corrected chi connectivity index (χ4v) is 2.45. The van der Waals surface area contributed by atoms with Crippen LogP contribution in [0, 0.1) is 0 Å². The topological polar surface area (TPSA) is 30.2 Å². The van der Waals surface area contributed by atoms with Crippen molar-refractivity contribution in [2.75, 3.05) is 0 Å². The van der Waals surface area contributed by atoms with Crippen LogP contribution in [0.1, 0.15) is 16.7 Å². The maximum atomic E-state index is 12.4. The highest BCUT2D eigenvalue weighted by Crippen LogP contribution is 2.29. The SMILES string of the molecule is O=S(/C=C/c1ccoc1)Cc1ccc(C(F)(F)F)cc1. The first-order chi connectivity index (χ1) is 9.45. The van der Waals surface area contributed by atoms with Crippen LogP contribution < -0.4 is 0 Å². The van der Waals surface area contributed by atoms with E-state index >= 15 is 0 Å². The van der Waals surface area contributed by atoms with E-state index in [1.165, 1.54) is 30.1 Å². The molecular formula is C14H11F3O2S. The Morgan fingerprint density at radius 3 is 2.40 bits per heavy atom. The number of benzene rings is 1. The van der Waals surface area contributed by atoms with Gasteiger partial charge in [-0.1, -0.05) is 12.1 Å². The van der Waals surface area contributed by atoms with Crippen molar-refractivity contribution in [3.63, 3.8) is 0 Å². The Balaban J connectivity index is 1.98. The van der Waals surface area contributed by atoms with Gasteiger partial charge < -0.3 is 4.42 Å². The first-order valence-electron chi connectivity index (χ1n) is 5.69. The molecule has 0 amide bonds. The fourth-order valence-electron chi connectivity index (χ4n) is 1.53. The van der Waals surface area contributed by atoms with Crippen LogP contribution in [-0.2, 0) is 22.7 Å². The zero-order valence-electron chi connectivity index (χ0n) is 10.3. The molecule has 1 aromatic heterocycles. The number of halogens is 3. The summed E-state index contributed by atoms with van der Waals surface area (Å²) in [7, 11) is -1.29. The monoisotopic (exact) mass is 300 g/mol. The molecule has 0 spiro atoms. The number of rotatable bonds is 4. The molecule has 0 bridgehead atoms. The lowest BCUT2D eigenvalue weighted by Crippen LogP contribution is -2.04. The molecule has 0 saturated heterocycles. The third-order valence-electron chi connectivity index (χ3n) is 2.55. The number of furan rings is 1. The van der Waals surface area contributed by atoms with Crippen molar-refractivity contribution in [3.05, 3.63) is 65.0 Å². The predicted molar refractivity (Wildman–Crippen MR) is 71.0 cm³/mol. The number of alkyl halides is 3. The first-order valence-corrected chi connectivity index (χ1v) is 7.07. The molecule has 20 heavy (non-hydrogen) atoms. The maximum absolute atomic E-state index is 12.4. The van der Waals surface area contributed by atoms with Crippen LogP contribution >= 0.6 is 0 Å². The molecule has 0 aliphatic rings. The van der Waals surface area contributed by atoms with Gasteiger partial charge in [-0.3, -0.25) is 4.21 Å². The summed E-state index contributed by atoms with van der Waals surface area (Å²) in [5, 5.41) is 1.49. The van der Waals surface area contributed by atoms with Crippen LogP contribution in [-0.4, -0.2) is 4.21 Å². The molecule has 2 nitrogen and oxygen atoms in total. The van der Waals surface area contributed by atoms with Gasteiger partial charge in [-0.2, -0.15) is 13.2 Å². The van der Waals surface area contributed by atoms with Gasteiger partial charge in [0, 0.05) is 11.0 Å². The van der Waals surface area contributed by atoms with Gasteiger partial charge in [-0.25, -0.2) is 0 Å². The molecule has 0 aliphatic carbocycles. The summed E-state index contributed by atoms with van der Waals surface area (Å²) >= 11 is 0. The fraction of sp³-hybridized carbons (Fsp3) is 0.143. The van der Waals surface area contributed by atoms with E-state index < -0.39 is 22.5 Å². The zero-order chi connectivity index (χ0) is 14.6. The molecule has 1 atom stereocenters. The van der Waals surface area contributed by atoms with E-state index in [9.17, 15) is 17.4 Å². The summed E-state index contributed by atoms with van der Waals surface area (Å²) in [5.41, 5.74) is 0.667. The van der Waals surface area contributed by atoms with Crippen LogP contribution in [0.25, 0.3) is 6.08 Å². The van der Waals surface area contributed by atoms with Crippen molar-refractivity contribution in [1.29, 1.82) is 0 Å². The van der Waals surface area contributed by atoms with Crippen molar-refractivity contribution in [1.82, 2.24) is 0 Å². The Kier molecular flexibility index (Phi) is 4.44. The quantitative estimate of drug-likeness (QED) is 0.846. The van der Waals surface area contributed by atoms with E-state index in [0.29, 0.717) is 5.56 Å². The van der Waals surface area contributed by atoms with E-state index in [4.69, 9.17) is 4.42 Å². The van der Waals surface area contributed by atoms with Gasteiger partial charge in [0.15, 0.2) is 0 Å². The van der Waals surface area contributed by atoms with Crippen molar-refractivity contribution in [2.45, 2.75) is 11.9 Å². The van der Waals surface area contributed by atoms with Gasteiger partial charge in [0.25, 0.3) is 0 Å². The Morgan fingerprint density at radius 1 is 1.15 bits per heavy atom. The number of hydrogen-bond acceptors (Lipinski definition) is 2. The molecular weight excluding hydrogens is 289 g/mol. The van der Waals surface area contributed by atoms with Gasteiger partial charge in [0.1, 0.15) is 0 Å². The van der Waals surface area contributed by atoms with E-state index in [0.717, 1.165) is 17.7 Å². The lowest BCUT2D eigenvalue weighted by Gasteiger charge is -2.06. The Morgan fingerprint density at radius 2 is 1.85 bits per heavy atom. The Bertz CT molecular complexity index is 598. The summed E-state index contributed by atoms with van der Waals surface area (Å²) in [6.45, 7) is 0. The van der Waals surface area contributed by atoms with Gasteiger partial charge in [0.2, 0.25) is 0 Å². The minimum Gasteiger partial charge on any atom is -0.472 e. The molecule has 1 unspecified atom stereocenters. The molecule has 0 radical (unpaired) electrons. The van der Waals surface area contributed by atoms with Gasteiger partial charge >= 0.3 is 6.18 Å². The first kappa shape index (κ1) is 14.6. The van der Waals surface area contributed by atoms with Crippen LogP contribution in [0.3, 0.4) is 0 Å². The molecule has 2 rings (SSSR count). The smallest absolute Gasteiger partial charge is 0.416 e. The summed E-state index contributed by atoms with van der Waals surface area (Å²) in [6.07, 6.45) is 0.298. The maximum Gasteiger partial charge on any atom is 0.416 e. The number of hydrogen-bond donors (Lipinski definition) is 0. The molecule has 6 heteroatoms. The van der Waals surface area contributed by atoms with Gasteiger partial charge in [-0.15, -0.1) is 0 Å². The lowest BCUT2D eigenvalue weighted by atomic mass is 10.1. The molecule has 0 saturated carbocycles. The van der Waals surface area contributed by atoms with Crippen molar-refractivity contribution >= 4 is 16.9 Å². The second-order valence-electron chi connectivity index (χ2n) is 4.08. The lowest BCUT2D eigenvalue weighted by molar-refractivity contribution is -0.137. The second kappa shape index (κ2) is 6.09. The van der Waals surface area contributed by atoms with E-state index in [1.807, 2.05) is 0 Å². The Labute approximate surface area is 116 Å². The summed E-state index contributed by atoms with van der Waals surface area (Å²) < 4.78 is 53.8. The molecule has 106 valence electrons. The minimum atomic E-state index is -4.35. The largest absolute Gasteiger partial charge is 0.472 e. The third kappa shape index (κ3) is 4.09. The summed E-state index contributed by atoms with van der Waals surface area (Å²) in [5.74, 6) is 0.173. The van der Waals surface area contributed by atoms with Gasteiger partial charge in [0.05, 0.1) is 34.6 Å². The predicted octanol–water partition coefficient (Wildman–Crippen LogP) is 4.22. The Hall–Kier alpha value is -1.82. The molecule has 1 heterocycles. The molecule has 0 fully saturated rings. The normalized spacial score (nSPS) is 13.8. The minimum absolute atomic E-state index is 0.173. The average molecular weight is 300 g/mol. The summed E-state index contributed by atoms with van der Waals surface area (Å²) in [4.78, 5) is 0. The standard InChI is InChI=1S/C14H11F3O2S/c15-14(16,17)13-3-1-12(2-4-13)10-20(18)8-6-11-5-7-19-9-11/h1-9H,10H2/b8-6+. The highest BCUT2D eigenvalue weighted by Gasteiger charge is 2.29. The third-order valence-corrected chi connectivity index (χ3v) is 3.60. The highest BCUT2D eigenvalue weighted by molar-refractivity contribution is 7.87. The van der Waals surface area contributed by atoms with E-state index in [2.05, 4.69) is 0 Å². The van der Waals surface area contributed by atoms with Crippen molar-refractivity contribution in [2.24, 2.45) is 0 Å². The van der Waals surface area contributed by atoms with Gasteiger partial charge in [-0.05, 0) is 29.8 Å².